The van der Waals surface area contributed by atoms with E-state index in [1.165, 1.54) is 4.57 Å². The molecular formula is C26H24ClN3O3. The normalized spacial score (nSPS) is 11.8. The molecule has 0 bridgehead atoms. The molecule has 0 spiro atoms. The summed E-state index contributed by atoms with van der Waals surface area (Å²) >= 11 is 6.22. The van der Waals surface area contributed by atoms with Crippen LogP contribution in [-0.4, -0.2) is 33.5 Å². The van der Waals surface area contributed by atoms with Gasteiger partial charge < -0.3 is 9.64 Å². The number of aromatic nitrogens is 2. The number of carbonyl (C=O) groups excluding carboxylic acids is 1. The lowest BCUT2D eigenvalue weighted by Crippen LogP contribution is -2.39. The molecule has 0 saturated heterocycles. The molecule has 0 fully saturated rings. The molecule has 1 atom stereocenters. The van der Waals surface area contributed by atoms with Crippen molar-refractivity contribution in [1.29, 1.82) is 0 Å². The Hall–Kier alpha value is -3.64. The highest BCUT2D eigenvalue weighted by Gasteiger charge is 2.26. The summed E-state index contributed by atoms with van der Waals surface area (Å²) in [5.41, 5.74) is 0.956. The Morgan fingerprint density at radius 1 is 1.06 bits per heavy atom. The molecule has 0 N–H and O–H groups in total. The van der Waals surface area contributed by atoms with Crippen LogP contribution in [0, 0.1) is 0 Å². The van der Waals surface area contributed by atoms with Crippen LogP contribution in [-0.2, 0) is 4.79 Å². The third-order valence-corrected chi connectivity index (χ3v) is 5.71. The van der Waals surface area contributed by atoms with E-state index in [0.29, 0.717) is 39.7 Å². The number of halogens is 1. The molecule has 0 aliphatic heterocycles. The highest BCUT2D eigenvalue weighted by atomic mass is 35.5. The fourth-order valence-electron chi connectivity index (χ4n) is 3.85. The van der Waals surface area contributed by atoms with Crippen molar-refractivity contribution < 1.29 is 9.53 Å². The zero-order chi connectivity index (χ0) is 23.4. The van der Waals surface area contributed by atoms with Gasteiger partial charge in [-0.05, 0) is 56.3 Å². The van der Waals surface area contributed by atoms with Crippen LogP contribution >= 0.6 is 11.6 Å². The van der Waals surface area contributed by atoms with Crippen molar-refractivity contribution in [2.24, 2.45) is 0 Å². The molecule has 1 aromatic heterocycles. The monoisotopic (exact) mass is 461 g/mol. The average molecular weight is 462 g/mol. The van der Waals surface area contributed by atoms with Crippen molar-refractivity contribution in [3.8, 4) is 11.4 Å². The van der Waals surface area contributed by atoms with Crippen molar-refractivity contribution in [2.75, 3.05) is 13.2 Å². The van der Waals surface area contributed by atoms with Gasteiger partial charge in [-0.3, -0.25) is 14.2 Å². The maximum atomic E-state index is 13.5. The number of nitrogens with zero attached hydrogens (tertiary/aromatic N) is 3. The summed E-state index contributed by atoms with van der Waals surface area (Å²) in [7, 11) is 0. The van der Waals surface area contributed by atoms with Gasteiger partial charge >= 0.3 is 0 Å². The van der Waals surface area contributed by atoms with Crippen molar-refractivity contribution in [3.63, 3.8) is 0 Å². The van der Waals surface area contributed by atoms with Crippen molar-refractivity contribution in [3.05, 3.63) is 100 Å². The second kappa shape index (κ2) is 9.88. The number of rotatable bonds is 7. The summed E-state index contributed by atoms with van der Waals surface area (Å²) in [6.45, 7) is 4.06. The number of likely N-dealkylation sites (N-methyl/N-ethyl adjacent to an activating group) is 1. The molecule has 33 heavy (non-hydrogen) atoms. The van der Waals surface area contributed by atoms with E-state index >= 15 is 0 Å². The lowest BCUT2D eigenvalue weighted by Gasteiger charge is -2.29. The zero-order valence-electron chi connectivity index (χ0n) is 18.4. The quantitative estimate of drug-likeness (QED) is 0.387. The van der Waals surface area contributed by atoms with Gasteiger partial charge in [0.05, 0.1) is 22.6 Å². The van der Waals surface area contributed by atoms with Crippen molar-refractivity contribution >= 4 is 28.4 Å². The number of fused-ring (bicyclic) bond motifs is 1. The van der Waals surface area contributed by atoms with Gasteiger partial charge in [0.15, 0.2) is 6.61 Å². The predicted octanol–water partition coefficient (Wildman–Crippen LogP) is 5.03. The molecular weight excluding hydrogens is 438 g/mol. The van der Waals surface area contributed by atoms with Crippen LogP contribution in [0.15, 0.2) is 83.7 Å². The van der Waals surface area contributed by atoms with E-state index in [9.17, 15) is 9.59 Å². The largest absolute Gasteiger partial charge is 0.484 e. The van der Waals surface area contributed by atoms with Gasteiger partial charge in [-0.15, -0.1) is 0 Å². The summed E-state index contributed by atoms with van der Waals surface area (Å²) in [6.07, 6.45) is 0. The van der Waals surface area contributed by atoms with Crippen LogP contribution in [0.2, 0.25) is 5.02 Å². The highest BCUT2D eigenvalue weighted by molar-refractivity contribution is 6.30. The minimum Gasteiger partial charge on any atom is -0.484 e. The van der Waals surface area contributed by atoms with Gasteiger partial charge in [0.1, 0.15) is 11.6 Å². The third-order valence-electron chi connectivity index (χ3n) is 5.48. The molecule has 168 valence electrons. The Labute approximate surface area is 197 Å². The minimum absolute atomic E-state index is 0.114. The van der Waals surface area contributed by atoms with Crippen LogP contribution in [0.3, 0.4) is 0 Å². The fraction of sp³-hybridized carbons (Fsp3) is 0.192. The van der Waals surface area contributed by atoms with Crippen LogP contribution in [0.5, 0.6) is 5.75 Å². The van der Waals surface area contributed by atoms with Gasteiger partial charge in [0, 0.05) is 11.6 Å². The molecule has 4 rings (SSSR count). The standard InChI is InChI=1S/C26H24ClN3O3/c1-3-29(24(31)17-33-21-12-5-4-6-13-21)18(2)25-28-23-15-8-7-14-22(23)26(32)30(25)20-11-9-10-19(27)16-20/h4-16,18H,3,17H2,1-2H3. The van der Waals surface area contributed by atoms with Gasteiger partial charge in [-0.25, -0.2) is 4.98 Å². The second-order valence-electron chi connectivity index (χ2n) is 7.57. The van der Waals surface area contributed by atoms with Crippen LogP contribution in [0.4, 0.5) is 0 Å². The Bertz CT molecular complexity index is 1340. The van der Waals surface area contributed by atoms with Gasteiger partial charge in [0.2, 0.25) is 0 Å². The first-order valence-electron chi connectivity index (χ1n) is 10.7. The molecule has 1 amide bonds. The number of amides is 1. The maximum absolute atomic E-state index is 13.5. The first-order chi connectivity index (χ1) is 16.0. The fourth-order valence-corrected chi connectivity index (χ4v) is 4.03. The third kappa shape index (κ3) is 4.76. The van der Waals surface area contributed by atoms with E-state index in [1.807, 2.05) is 38.1 Å². The van der Waals surface area contributed by atoms with Gasteiger partial charge in [-0.2, -0.15) is 0 Å². The molecule has 0 radical (unpaired) electrons. The van der Waals surface area contributed by atoms with E-state index in [1.54, 1.807) is 59.5 Å². The number of para-hydroxylation sites is 2. The SMILES string of the molecule is CCN(C(=O)COc1ccccc1)C(C)c1nc2ccccc2c(=O)n1-c1cccc(Cl)c1. The zero-order valence-corrected chi connectivity index (χ0v) is 19.2. The van der Waals surface area contributed by atoms with E-state index in [2.05, 4.69) is 0 Å². The molecule has 4 aromatic rings. The molecule has 0 aliphatic carbocycles. The Balaban J connectivity index is 1.75. The number of benzene rings is 3. The molecule has 1 heterocycles. The Kier molecular flexibility index (Phi) is 6.75. The minimum atomic E-state index is -0.488. The average Bonchev–Trinajstić information content (AvgIpc) is 2.83. The summed E-state index contributed by atoms with van der Waals surface area (Å²) in [5, 5.41) is 1.00. The molecule has 3 aromatic carbocycles. The topological polar surface area (TPSA) is 64.4 Å². The molecule has 1 unspecified atom stereocenters. The summed E-state index contributed by atoms with van der Waals surface area (Å²) in [4.78, 5) is 33.0. The first kappa shape index (κ1) is 22.6. The van der Waals surface area contributed by atoms with Gasteiger partial charge in [-0.1, -0.05) is 48.0 Å². The first-order valence-corrected chi connectivity index (χ1v) is 11.1. The van der Waals surface area contributed by atoms with Crippen molar-refractivity contribution in [2.45, 2.75) is 19.9 Å². The van der Waals surface area contributed by atoms with Crippen LogP contribution in [0.1, 0.15) is 25.7 Å². The number of ether oxygens (including phenoxy) is 1. The molecule has 6 nitrogen and oxygen atoms in total. The van der Waals surface area contributed by atoms with E-state index in [0.717, 1.165) is 0 Å². The van der Waals surface area contributed by atoms with Crippen LogP contribution in [0.25, 0.3) is 16.6 Å². The number of carbonyl (C=O) groups is 1. The van der Waals surface area contributed by atoms with E-state index in [-0.39, 0.29) is 18.1 Å². The Morgan fingerprint density at radius 3 is 2.52 bits per heavy atom. The van der Waals surface area contributed by atoms with E-state index in [4.69, 9.17) is 21.3 Å². The highest BCUT2D eigenvalue weighted by Crippen LogP contribution is 2.24. The maximum Gasteiger partial charge on any atom is 0.266 e. The molecule has 7 heteroatoms. The van der Waals surface area contributed by atoms with Crippen molar-refractivity contribution in [1.82, 2.24) is 14.5 Å². The van der Waals surface area contributed by atoms with Gasteiger partial charge in [0.25, 0.3) is 11.5 Å². The van der Waals surface area contributed by atoms with Crippen LogP contribution < -0.4 is 10.3 Å². The summed E-state index contributed by atoms with van der Waals surface area (Å²) < 4.78 is 7.20. The number of hydrogen-bond donors (Lipinski definition) is 0. The smallest absolute Gasteiger partial charge is 0.266 e. The predicted molar refractivity (Wildman–Crippen MR) is 130 cm³/mol. The lowest BCUT2D eigenvalue weighted by atomic mass is 10.2. The summed E-state index contributed by atoms with van der Waals surface area (Å²) in [6, 6.07) is 22.9. The number of hydrogen-bond acceptors (Lipinski definition) is 4. The Morgan fingerprint density at radius 2 is 1.79 bits per heavy atom. The van der Waals surface area contributed by atoms with E-state index < -0.39 is 6.04 Å². The summed E-state index contributed by atoms with van der Waals surface area (Å²) in [5.74, 6) is 0.874. The lowest BCUT2D eigenvalue weighted by molar-refractivity contribution is -0.135. The second-order valence-corrected chi connectivity index (χ2v) is 8.00. The molecule has 0 aliphatic rings. The molecule has 0 saturated carbocycles.